The molecule has 1 aromatic heterocycles. The molecular weight excluding hydrogens is 350 g/mol. The van der Waals surface area contributed by atoms with Gasteiger partial charge in [-0.25, -0.2) is 4.98 Å². The van der Waals surface area contributed by atoms with E-state index in [1.54, 1.807) is 23.7 Å². The number of carbonyl (C=O) groups excluding carboxylic acids is 1. The number of aromatic nitrogens is 2. The number of amides is 1. The Hall–Kier alpha value is -2.66. The number of fused-ring (bicyclic) bond motifs is 1. The Bertz CT molecular complexity index is 1030. The second kappa shape index (κ2) is 7.30. The van der Waals surface area contributed by atoms with E-state index in [9.17, 15) is 9.59 Å². The van der Waals surface area contributed by atoms with Crippen LogP contribution in [0, 0.1) is 6.92 Å². The maximum absolute atomic E-state index is 13.3. The summed E-state index contributed by atoms with van der Waals surface area (Å²) in [5.41, 5.74) is 2.16. The van der Waals surface area contributed by atoms with Gasteiger partial charge in [0.15, 0.2) is 0 Å². The highest BCUT2D eigenvalue weighted by Gasteiger charge is 2.24. The second-order valence-electron chi connectivity index (χ2n) is 6.23. The molecule has 0 aliphatic carbocycles. The molecule has 0 N–H and O–H groups in total. The molecule has 6 heteroatoms. The number of hydrogen-bond donors (Lipinski definition) is 0. The van der Waals surface area contributed by atoms with Crippen molar-refractivity contribution in [3.8, 4) is 5.69 Å². The van der Waals surface area contributed by atoms with Crippen molar-refractivity contribution in [3.63, 3.8) is 0 Å². The van der Waals surface area contributed by atoms with Crippen LogP contribution < -0.4 is 5.56 Å². The van der Waals surface area contributed by atoms with Gasteiger partial charge in [0.1, 0.15) is 11.7 Å². The molecule has 0 unspecified atom stereocenters. The van der Waals surface area contributed by atoms with E-state index in [-0.39, 0.29) is 17.3 Å². The minimum atomic E-state index is -0.418. The normalized spacial score (nSPS) is 12.2. The third kappa shape index (κ3) is 3.10. The second-order valence-corrected chi connectivity index (χ2v) is 6.50. The van der Waals surface area contributed by atoms with Crippen LogP contribution in [-0.4, -0.2) is 33.3 Å². The molecule has 0 fully saturated rings. The first-order chi connectivity index (χ1) is 12.5. The average molecular weight is 370 g/mol. The monoisotopic (exact) mass is 369 g/mol. The Morgan fingerprint density at radius 2 is 1.85 bits per heavy atom. The molecule has 1 amide bonds. The first-order valence-electron chi connectivity index (χ1n) is 8.35. The van der Waals surface area contributed by atoms with Crippen LogP contribution in [0.5, 0.6) is 0 Å². The summed E-state index contributed by atoms with van der Waals surface area (Å²) in [6.07, 6.45) is 0. The maximum Gasteiger partial charge on any atom is 0.266 e. The number of para-hydroxylation sites is 2. The topological polar surface area (TPSA) is 55.2 Å². The SMILES string of the molecule is Cc1ccccc1-n1c([C@@H](C)N(C)C(=O)CCl)nc2ccccc2c1=O. The molecule has 1 heterocycles. The van der Waals surface area contributed by atoms with Crippen molar-refractivity contribution >= 4 is 28.4 Å². The van der Waals surface area contributed by atoms with Gasteiger partial charge in [-0.3, -0.25) is 14.2 Å². The summed E-state index contributed by atoms with van der Waals surface area (Å²) in [5.74, 6) is 0.158. The Labute approximate surface area is 156 Å². The summed E-state index contributed by atoms with van der Waals surface area (Å²) < 4.78 is 1.60. The molecule has 134 valence electrons. The van der Waals surface area contributed by atoms with Crippen LogP contribution in [0.1, 0.15) is 24.4 Å². The fraction of sp³-hybridized carbons (Fsp3) is 0.250. The van der Waals surface area contributed by atoms with E-state index in [1.807, 2.05) is 50.2 Å². The molecule has 0 bridgehead atoms. The smallest absolute Gasteiger partial charge is 0.266 e. The molecule has 0 radical (unpaired) electrons. The lowest BCUT2D eigenvalue weighted by molar-refractivity contribution is -0.129. The number of nitrogens with zero attached hydrogens (tertiary/aromatic N) is 3. The quantitative estimate of drug-likeness (QED) is 0.662. The molecular formula is C20H20ClN3O2. The number of alkyl halides is 1. The maximum atomic E-state index is 13.3. The van der Waals surface area contributed by atoms with Crippen LogP contribution in [0.3, 0.4) is 0 Å². The van der Waals surface area contributed by atoms with E-state index >= 15 is 0 Å². The van der Waals surface area contributed by atoms with Gasteiger partial charge in [0.05, 0.1) is 22.6 Å². The molecule has 5 nitrogen and oxygen atoms in total. The van der Waals surface area contributed by atoms with Crippen molar-refractivity contribution in [1.29, 1.82) is 0 Å². The Balaban J connectivity index is 2.34. The number of rotatable bonds is 4. The summed E-state index contributed by atoms with van der Waals surface area (Å²) in [5, 5.41) is 0.540. The van der Waals surface area contributed by atoms with Gasteiger partial charge >= 0.3 is 0 Å². The largest absolute Gasteiger partial charge is 0.335 e. The molecule has 0 saturated heterocycles. The van der Waals surface area contributed by atoms with E-state index in [4.69, 9.17) is 16.6 Å². The fourth-order valence-electron chi connectivity index (χ4n) is 2.96. The zero-order chi connectivity index (χ0) is 18.8. The highest BCUT2D eigenvalue weighted by Crippen LogP contribution is 2.23. The minimum absolute atomic E-state index is 0.122. The lowest BCUT2D eigenvalue weighted by Crippen LogP contribution is -2.35. The van der Waals surface area contributed by atoms with Crippen molar-refractivity contribution in [2.75, 3.05) is 12.9 Å². The van der Waals surface area contributed by atoms with Crippen LogP contribution in [0.25, 0.3) is 16.6 Å². The number of halogens is 1. The van der Waals surface area contributed by atoms with Crippen molar-refractivity contribution in [1.82, 2.24) is 14.5 Å². The highest BCUT2D eigenvalue weighted by atomic mass is 35.5. The first-order valence-corrected chi connectivity index (χ1v) is 8.88. The Kier molecular flexibility index (Phi) is 5.09. The van der Waals surface area contributed by atoms with Crippen LogP contribution in [0.15, 0.2) is 53.3 Å². The number of carbonyl (C=O) groups is 1. The van der Waals surface area contributed by atoms with Crippen molar-refractivity contribution < 1.29 is 4.79 Å². The molecule has 0 spiro atoms. The van der Waals surface area contributed by atoms with Crippen LogP contribution >= 0.6 is 11.6 Å². The number of benzene rings is 2. The van der Waals surface area contributed by atoms with E-state index in [0.717, 1.165) is 11.3 Å². The van der Waals surface area contributed by atoms with Crippen molar-refractivity contribution in [2.45, 2.75) is 19.9 Å². The summed E-state index contributed by atoms with van der Waals surface area (Å²) in [6.45, 7) is 3.79. The van der Waals surface area contributed by atoms with E-state index in [2.05, 4.69) is 0 Å². The summed E-state index contributed by atoms with van der Waals surface area (Å²) in [7, 11) is 1.67. The van der Waals surface area contributed by atoms with Gasteiger partial charge < -0.3 is 4.90 Å². The Morgan fingerprint density at radius 1 is 1.19 bits per heavy atom. The molecule has 26 heavy (non-hydrogen) atoms. The van der Waals surface area contributed by atoms with Crippen LogP contribution in [0.2, 0.25) is 0 Å². The molecule has 3 rings (SSSR count). The van der Waals surface area contributed by atoms with E-state index < -0.39 is 6.04 Å². The lowest BCUT2D eigenvalue weighted by atomic mass is 10.1. The first kappa shape index (κ1) is 18.1. The van der Waals surface area contributed by atoms with Gasteiger partial charge in [0.2, 0.25) is 5.91 Å². The standard InChI is InChI=1S/C20H20ClN3O2/c1-13-8-4-7-11-17(13)24-19(14(2)23(3)18(25)12-21)22-16-10-6-5-9-15(16)20(24)26/h4-11,14H,12H2,1-3H3/t14-/m1/s1. The Morgan fingerprint density at radius 3 is 2.54 bits per heavy atom. The van der Waals surface area contributed by atoms with Crippen LogP contribution in [0.4, 0.5) is 0 Å². The predicted molar refractivity (Wildman–Crippen MR) is 104 cm³/mol. The number of aryl methyl sites for hydroxylation is 1. The lowest BCUT2D eigenvalue weighted by Gasteiger charge is -2.27. The molecule has 0 aliphatic rings. The highest BCUT2D eigenvalue weighted by molar-refractivity contribution is 6.27. The molecule has 2 aromatic carbocycles. The van der Waals surface area contributed by atoms with Crippen LogP contribution in [-0.2, 0) is 4.79 Å². The molecule has 3 aromatic rings. The zero-order valence-electron chi connectivity index (χ0n) is 14.9. The fourth-order valence-corrected chi connectivity index (χ4v) is 3.15. The van der Waals surface area contributed by atoms with Gasteiger partial charge in [-0.1, -0.05) is 30.3 Å². The third-order valence-corrected chi connectivity index (χ3v) is 4.85. The summed E-state index contributed by atoms with van der Waals surface area (Å²) in [4.78, 5) is 31.6. The van der Waals surface area contributed by atoms with Crippen molar-refractivity contribution in [3.05, 3.63) is 70.3 Å². The molecule has 0 saturated carbocycles. The molecule has 1 atom stereocenters. The van der Waals surface area contributed by atoms with Gasteiger partial charge in [-0.2, -0.15) is 0 Å². The van der Waals surface area contributed by atoms with E-state index in [0.29, 0.717) is 16.7 Å². The average Bonchev–Trinajstić information content (AvgIpc) is 2.67. The van der Waals surface area contributed by atoms with Crippen molar-refractivity contribution in [2.24, 2.45) is 0 Å². The summed E-state index contributed by atoms with van der Waals surface area (Å²) >= 11 is 5.71. The van der Waals surface area contributed by atoms with Gasteiger partial charge in [0, 0.05) is 7.05 Å². The van der Waals surface area contributed by atoms with Gasteiger partial charge in [-0.15, -0.1) is 11.6 Å². The zero-order valence-corrected chi connectivity index (χ0v) is 15.7. The van der Waals surface area contributed by atoms with Gasteiger partial charge in [0.25, 0.3) is 5.56 Å². The molecule has 0 aliphatic heterocycles. The summed E-state index contributed by atoms with van der Waals surface area (Å²) in [6, 6.07) is 14.4. The minimum Gasteiger partial charge on any atom is -0.335 e. The predicted octanol–water partition coefficient (Wildman–Crippen LogP) is 3.45. The van der Waals surface area contributed by atoms with Gasteiger partial charge in [-0.05, 0) is 37.6 Å². The number of hydrogen-bond acceptors (Lipinski definition) is 3. The third-order valence-electron chi connectivity index (χ3n) is 4.62. The van der Waals surface area contributed by atoms with E-state index in [1.165, 1.54) is 4.90 Å².